The number of thiazole rings is 1. The van der Waals surface area contributed by atoms with Gasteiger partial charge in [0.1, 0.15) is 28.4 Å². The Balaban J connectivity index is 1.47. The van der Waals surface area contributed by atoms with Gasteiger partial charge in [0.2, 0.25) is 6.41 Å². The van der Waals surface area contributed by atoms with Gasteiger partial charge in [-0.3, -0.25) is 18.9 Å². The Morgan fingerprint density at radius 1 is 1.37 bits per heavy atom. The molecule has 2 saturated heterocycles. The van der Waals surface area contributed by atoms with Crippen molar-refractivity contribution in [2.24, 2.45) is 5.16 Å². The molecule has 0 aliphatic carbocycles. The van der Waals surface area contributed by atoms with E-state index in [-0.39, 0.29) is 27.0 Å². The van der Waals surface area contributed by atoms with Crippen LogP contribution in [0.1, 0.15) is 32.4 Å². The van der Waals surface area contributed by atoms with Crippen LogP contribution in [0.15, 0.2) is 29.4 Å². The second-order valence-electron chi connectivity index (χ2n) is 10.6. The number of carbonyl (C=O) groups is 4. The Morgan fingerprint density at radius 3 is 2.59 bits per heavy atom. The summed E-state index contributed by atoms with van der Waals surface area (Å²) in [6.07, 6.45) is 0.775. The number of carbonyl (C=O) groups excluding carboxylic acids is 3. The van der Waals surface area contributed by atoms with Crippen molar-refractivity contribution in [3.63, 3.8) is 0 Å². The fourth-order valence-corrected chi connectivity index (χ4v) is 6.04. The average molecular weight is 704 g/mol. The van der Waals surface area contributed by atoms with Gasteiger partial charge in [-0.15, -0.1) is 4.28 Å². The van der Waals surface area contributed by atoms with Gasteiger partial charge in [-0.1, -0.05) is 28.1 Å². The minimum absolute atomic E-state index is 0.00826. The molecule has 3 heterocycles. The van der Waals surface area contributed by atoms with E-state index < -0.39 is 58.2 Å². The molecule has 2 fully saturated rings. The molecule has 250 valence electrons. The second-order valence-corrected chi connectivity index (χ2v) is 13.2. The highest BCUT2D eigenvalue weighted by Crippen LogP contribution is 2.33. The number of carboxylic acids is 1. The van der Waals surface area contributed by atoms with Crippen molar-refractivity contribution in [3.8, 4) is 5.75 Å². The lowest BCUT2D eigenvalue weighted by atomic mass is 9.84. The topological polar surface area (TPSA) is 252 Å². The Labute approximate surface area is 271 Å². The van der Waals surface area contributed by atoms with Crippen LogP contribution in [0.2, 0.25) is 4.34 Å². The number of nitrogens with one attached hydrogen (secondary N) is 2. The zero-order valence-electron chi connectivity index (χ0n) is 24.3. The van der Waals surface area contributed by atoms with Gasteiger partial charge in [-0.2, -0.15) is 13.5 Å². The Bertz CT molecular complexity index is 1610. The molecular formula is C25H30ClN7O11S2. The zero-order chi connectivity index (χ0) is 33.8. The van der Waals surface area contributed by atoms with Crippen molar-refractivity contribution in [2.45, 2.75) is 50.4 Å². The highest BCUT2D eigenvalue weighted by atomic mass is 35.5. The van der Waals surface area contributed by atoms with Gasteiger partial charge in [-0.05, 0) is 57.5 Å². The van der Waals surface area contributed by atoms with Crippen LogP contribution in [-0.4, -0.2) is 101 Å². The number of aromatic nitrogens is 1. The number of ether oxygens (including phenoxy) is 1. The maximum Gasteiger partial charge on any atom is 0.418 e. The predicted molar refractivity (Wildman–Crippen MR) is 162 cm³/mol. The Kier molecular flexibility index (Phi) is 10.7. The monoisotopic (exact) mass is 703 g/mol. The lowest BCUT2D eigenvalue weighted by Gasteiger charge is -2.50. The molecule has 4 rings (SSSR count). The standard InChI is InChI=1S/C25H30ClN7O11S2/c1-25(2)19(22(36)33(25)44-46(39,40)41)30-21(35)18(17-20(26)45-24(27)29-17)31-43-16(23(37)38)11-42-15-7-5-13(6-8-15)32(12-34)14-4-3-9-28-10-14/h5-8,12,14,16,19,28H,3-4,9-11H2,1-2H3,(H2,27,29)(H,30,35)(H,37,38)(H,39,40,41)/b31-18-/t14-,16?,19+/m0/s1. The molecule has 2 aliphatic heterocycles. The van der Waals surface area contributed by atoms with E-state index in [1.54, 1.807) is 29.2 Å². The summed E-state index contributed by atoms with van der Waals surface area (Å²) in [7, 11) is -5.04. The largest absolute Gasteiger partial charge is 0.489 e. The summed E-state index contributed by atoms with van der Waals surface area (Å²) in [5.41, 5.74) is 3.91. The predicted octanol–water partition coefficient (Wildman–Crippen LogP) is 0.186. The highest BCUT2D eigenvalue weighted by molar-refractivity contribution is 7.80. The Hall–Kier alpha value is -4.08. The fraction of sp³-hybridized carbons (Fsp3) is 0.440. The molecule has 21 heteroatoms. The number of nitrogens with zero attached hydrogens (tertiary/aromatic N) is 4. The van der Waals surface area contributed by atoms with E-state index in [0.29, 0.717) is 17.3 Å². The smallest absolute Gasteiger partial charge is 0.418 e. The summed E-state index contributed by atoms with van der Waals surface area (Å²) in [6.45, 7) is 3.64. The maximum atomic E-state index is 13.3. The first-order valence-electron chi connectivity index (χ1n) is 13.5. The molecule has 3 amide bonds. The third-order valence-electron chi connectivity index (χ3n) is 7.02. The van der Waals surface area contributed by atoms with Crippen molar-refractivity contribution in [1.29, 1.82) is 0 Å². The number of aliphatic carboxylic acids is 1. The maximum absolute atomic E-state index is 13.3. The van der Waals surface area contributed by atoms with Crippen LogP contribution in [0.3, 0.4) is 0 Å². The van der Waals surface area contributed by atoms with Crippen LogP contribution in [-0.2, 0) is 38.7 Å². The van der Waals surface area contributed by atoms with Gasteiger partial charge in [0.15, 0.2) is 10.8 Å². The van der Waals surface area contributed by atoms with Gasteiger partial charge >= 0.3 is 16.4 Å². The number of hydrogen-bond acceptors (Lipinski definition) is 14. The number of β-lactam (4-membered cyclic amide) rings is 1. The molecule has 0 saturated carbocycles. The number of nitrogen functional groups attached to an aromatic ring is 1. The minimum atomic E-state index is -5.04. The molecule has 1 aromatic heterocycles. The molecular weight excluding hydrogens is 674 g/mol. The van der Waals surface area contributed by atoms with E-state index in [2.05, 4.69) is 25.1 Å². The highest BCUT2D eigenvalue weighted by Gasteiger charge is 2.58. The number of halogens is 1. The second kappa shape index (κ2) is 14.1. The third-order valence-corrected chi connectivity index (χ3v) is 8.44. The van der Waals surface area contributed by atoms with E-state index in [4.69, 9.17) is 31.5 Å². The fourth-order valence-electron chi connectivity index (χ4n) is 4.65. The molecule has 3 atom stereocenters. The lowest BCUT2D eigenvalue weighted by molar-refractivity contribution is -0.218. The summed E-state index contributed by atoms with van der Waals surface area (Å²) in [5.74, 6) is -3.39. The normalized spacial score (nSPS) is 20.3. The van der Waals surface area contributed by atoms with Crippen LogP contribution in [0.25, 0.3) is 0 Å². The lowest BCUT2D eigenvalue weighted by Crippen LogP contribution is -2.76. The number of hydrogen-bond donors (Lipinski definition) is 5. The van der Waals surface area contributed by atoms with Gasteiger partial charge in [0, 0.05) is 18.3 Å². The number of benzene rings is 1. The summed E-state index contributed by atoms with van der Waals surface area (Å²) < 4.78 is 40.9. The van der Waals surface area contributed by atoms with E-state index in [1.165, 1.54) is 13.8 Å². The molecule has 2 aliphatic rings. The molecule has 18 nitrogen and oxygen atoms in total. The van der Waals surface area contributed by atoms with Gasteiger partial charge in [0.25, 0.3) is 17.9 Å². The van der Waals surface area contributed by atoms with E-state index in [9.17, 15) is 32.7 Å². The number of carboxylic acid groups (broad SMARTS) is 1. The van der Waals surface area contributed by atoms with Crippen LogP contribution >= 0.6 is 22.9 Å². The van der Waals surface area contributed by atoms with Crippen molar-refractivity contribution in [2.75, 3.05) is 30.3 Å². The summed E-state index contributed by atoms with van der Waals surface area (Å²) >= 11 is 6.94. The number of piperidine rings is 1. The number of nitrogens with two attached hydrogens (primary N) is 1. The van der Waals surface area contributed by atoms with E-state index in [1.807, 2.05) is 0 Å². The number of hydroxylamine groups is 2. The van der Waals surface area contributed by atoms with Gasteiger partial charge in [0.05, 0.1) is 5.54 Å². The molecule has 0 radical (unpaired) electrons. The quantitative estimate of drug-likeness (QED) is 0.0579. The van der Waals surface area contributed by atoms with Crippen LogP contribution in [0, 0.1) is 0 Å². The summed E-state index contributed by atoms with van der Waals surface area (Å²) in [4.78, 5) is 60.2. The van der Waals surface area contributed by atoms with Crippen molar-refractivity contribution in [1.82, 2.24) is 20.7 Å². The SMILES string of the molecule is CC1(C)[C@H](NC(=O)/C(=N\OC(COc2ccc(N(C=O)[C@H]3CCCNC3)cc2)C(=O)O)c2nc(N)sc2Cl)C(=O)N1OS(=O)(=O)O. The molecule has 46 heavy (non-hydrogen) atoms. The van der Waals surface area contributed by atoms with Crippen LogP contribution < -0.4 is 26.0 Å². The number of rotatable bonds is 14. The van der Waals surface area contributed by atoms with Crippen molar-refractivity contribution in [3.05, 3.63) is 34.3 Å². The van der Waals surface area contributed by atoms with Crippen molar-refractivity contribution < 1.29 is 51.1 Å². The molecule has 2 aromatic rings. The average Bonchev–Trinajstić information content (AvgIpc) is 3.34. The van der Waals surface area contributed by atoms with Gasteiger partial charge < -0.3 is 35.9 Å². The number of amides is 3. The minimum Gasteiger partial charge on any atom is -0.489 e. The number of anilines is 2. The first-order valence-corrected chi connectivity index (χ1v) is 16.1. The molecule has 0 bridgehead atoms. The molecule has 0 spiro atoms. The van der Waals surface area contributed by atoms with E-state index in [0.717, 1.165) is 37.1 Å². The first-order chi connectivity index (χ1) is 21.6. The Morgan fingerprint density at radius 2 is 2.07 bits per heavy atom. The molecule has 6 N–H and O–H groups in total. The van der Waals surface area contributed by atoms with Crippen LogP contribution in [0.5, 0.6) is 5.75 Å². The third kappa shape index (κ3) is 8.00. The zero-order valence-corrected chi connectivity index (χ0v) is 26.7. The molecule has 1 unspecified atom stereocenters. The summed E-state index contributed by atoms with van der Waals surface area (Å²) in [5, 5.41) is 19.2. The van der Waals surface area contributed by atoms with Crippen molar-refractivity contribution >= 4 is 74.1 Å². The van der Waals surface area contributed by atoms with Crippen LogP contribution in [0.4, 0.5) is 10.8 Å². The first kappa shape index (κ1) is 34.8. The van der Waals surface area contributed by atoms with Gasteiger partial charge in [-0.25, -0.2) is 9.78 Å². The van der Waals surface area contributed by atoms with E-state index >= 15 is 0 Å². The molecule has 1 aromatic carbocycles. The number of oxime groups is 1. The summed E-state index contributed by atoms with van der Waals surface area (Å²) in [6, 6.07) is 5.00.